The second-order valence-corrected chi connectivity index (χ2v) is 5.39. The van der Waals surface area contributed by atoms with Crippen molar-refractivity contribution in [3.8, 4) is 0 Å². The highest BCUT2D eigenvalue weighted by atomic mass is 16.4. The number of carbonyl (C=O) groups is 1. The molecule has 0 bridgehead atoms. The molecule has 3 heteroatoms. The molecule has 116 valence electrons. The summed E-state index contributed by atoms with van der Waals surface area (Å²) in [6, 6.07) is 0. The Kier molecular flexibility index (Phi) is 12.2. The number of allylic oxidation sites excluding steroid dienone is 2. The first-order valence-electron chi connectivity index (χ1n) is 8.02. The van der Waals surface area contributed by atoms with Gasteiger partial charge in [0.25, 0.3) is 0 Å². The van der Waals surface area contributed by atoms with Gasteiger partial charge in [0.2, 0.25) is 0 Å². The van der Waals surface area contributed by atoms with Gasteiger partial charge in [-0.15, -0.1) is 0 Å². The first-order valence-corrected chi connectivity index (χ1v) is 8.02. The number of hydrogen-bond acceptors (Lipinski definition) is 2. The molecule has 3 nitrogen and oxygen atoms in total. The molecule has 1 N–H and O–H groups in total. The van der Waals surface area contributed by atoms with Gasteiger partial charge in [0.15, 0.2) is 0 Å². The van der Waals surface area contributed by atoms with Crippen LogP contribution < -0.4 is 10.0 Å². The number of carboxylic acids is 1. The average molecular weight is 281 g/mol. The second-order valence-electron chi connectivity index (χ2n) is 5.39. The molecular formula is C17H31NO2. The molecule has 0 amide bonds. The van der Waals surface area contributed by atoms with E-state index in [1.54, 1.807) is 4.90 Å². The van der Waals surface area contributed by atoms with Crippen LogP contribution in [0.5, 0.6) is 0 Å². The minimum absolute atomic E-state index is 0.972. The molecule has 1 unspecified atom stereocenters. The highest BCUT2D eigenvalue weighted by Gasteiger charge is 2.09. The van der Waals surface area contributed by atoms with Gasteiger partial charge >= 0.3 is 0 Å². The fourth-order valence-corrected chi connectivity index (χ4v) is 2.26. The summed E-state index contributed by atoms with van der Waals surface area (Å²) in [4.78, 5) is 10.4. The normalized spacial score (nSPS) is 16.6. The zero-order valence-corrected chi connectivity index (χ0v) is 13.4. The number of unbranched alkanes of at least 4 members (excludes halogenated alkanes) is 5. The third-order valence-electron chi connectivity index (χ3n) is 3.24. The van der Waals surface area contributed by atoms with Crippen LogP contribution in [0.25, 0.3) is 0 Å². The predicted octanol–water partition coefficient (Wildman–Crippen LogP) is 2.20. The smallest absolute Gasteiger partial charge is 0.102 e. The van der Waals surface area contributed by atoms with Crippen LogP contribution in [0.4, 0.5) is 0 Å². The highest BCUT2D eigenvalue weighted by molar-refractivity contribution is 5.60. The maximum Gasteiger partial charge on any atom is 0.102 e. The number of rotatable bonds is 9. The molecule has 1 rings (SSSR count). The lowest BCUT2D eigenvalue weighted by Gasteiger charge is -2.06. The third-order valence-corrected chi connectivity index (χ3v) is 3.24. The van der Waals surface area contributed by atoms with E-state index in [-0.39, 0.29) is 0 Å². The summed E-state index contributed by atoms with van der Waals surface area (Å²) in [6.45, 7) is 6.79. The van der Waals surface area contributed by atoms with E-state index in [1.165, 1.54) is 63.5 Å². The van der Waals surface area contributed by atoms with Crippen molar-refractivity contribution in [2.75, 3.05) is 6.54 Å². The number of quaternary nitrogens is 1. The van der Waals surface area contributed by atoms with Gasteiger partial charge in [-0.1, -0.05) is 46.0 Å². The van der Waals surface area contributed by atoms with E-state index in [0.29, 0.717) is 0 Å². The molecular weight excluding hydrogens is 250 g/mol. The summed E-state index contributed by atoms with van der Waals surface area (Å²) in [7, 11) is 0. The maximum atomic E-state index is 8.89. The number of carbonyl (C=O) groups excluding carboxylic acids is 1. The molecule has 20 heavy (non-hydrogen) atoms. The Labute approximate surface area is 124 Å². The number of carboxylic acid groups (broad SMARTS) is 1. The molecule has 0 saturated heterocycles. The first kappa shape index (κ1) is 18.9. The van der Waals surface area contributed by atoms with Crippen LogP contribution in [0.3, 0.4) is 0 Å². The molecule has 0 saturated carbocycles. The first-order chi connectivity index (χ1) is 9.60. The Morgan fingerprint density at radius 2 is 1.70 bits per heavy atom. The van der Waals surface area contributed by atoms with Crippen molar-refractivity contribution in [3.63, 3.8) is 0 Å². The molecule has 0 radical (unpaired) electrons. The number of aliphatic carboxylic acids is 1. The van der Waals surface area contributed by atoms with Crippen molar-refractivity contribution in [2.45, 2.75) is 72.1 Å². The van der Waals surface area contributed by atoms with Crippen LogP contribution in [0.15, 0.2) is 24.0 Å². The fraction of sp³-hybridized carbons (Fsp3) is 0.706. The number of nitrogens with one attached hydrogen (secondary N) is 1. The summed E-state index contributed by atoms with van der Waals surface area (Å²) in [5, 5.41) is 8.89. The van der Waals surface area contributed by atoms with Gasteiger partial charge < -0.3 is 9.90 Å². The summed E-state index contributed by atoms with van der Waals surface area (Å²) < 4.78 is 0. The lowest BCUT2D eigenvalue weighted by Crippen LogP contribution is -3.01. The van der Waals surface area contributed by atoms with Gasteiger partial charge in [0, 0.05) is 17.6 Å². The van der Waals surface area contributed by atoms with Crippen molar-refractivity contribution in [1.82, 2.24) is 0 Å². The average Bonchev–Trinajstić information content (AvgIpc) is 2.81. The third kappa shape index (κ3) is 12.0. The van der Waals surface area contributed by atoms with E-state index in [2.05, 4.69) is 32.3 Å². The van der Waals surface area contributed by atoms with Crippen LogP contribution in [-0.2, 0) is 4.79 Å². The molecule has 1 atom stereocenters. The van der Waals surface area contributed by atoms with Crippen molar-refractivity contribution < 1.29 is 14.8 Å². The molecule has 1 aliphatic heterocycles. The minimum Gasteiger partial charge on any atom is -0.550 e. The Balaban J connectivity index is 0.000000796. The Hall–Kier alpha value is -1.09. The molecule has 0 fully saturated rings. The van der Waals surface area contributed by atoms with Crippen molar-refractivity contribution >= 4 is 5.97 Å². The van der Waals surface area contributed by atoms with Crippen molar-refractivity contribution in [1.29, 1.82) is 0 Å². The van der Waals surface area contributed by atoms with Crippen molar-refractivity contribution in [2.24, 2.45) is 0 Å². The molecule has 0 aromatic carbocycles. The number of hydrogen-bond donors (Lipinski definition) is 1. The van der Waals surface area contributed by atoms with Crippen LogP contribution in [0, 0.1) is 0 Å². The van der Waals surface area contributed by atoms with Gasteiger partial charge in [0.05, 0.1) is 12.7 Å². The molecule has 1 aliphatic rings. The highest BCUT2D eigenvalue weighted by Crippen LogP contribution is 2.07. The van der Waals surface area contributed by atoms with E-state index in [0.717, 1.165) is 6.92 Å². The van der Waals surface area contributed by atoms with Gasteiger partial charge in [-0.25, -0.2) is 0 Å². The second kappa shape index (κ2) is 12.9. The minimum atomic E-state index is -1.08. The van der Waals surface area contributed by atoms with Crippen LogP contribution in [-0.4, -0.2) is 12.5 Å². The van der Waals surface area contributed by atoms with E-state index < -0.39 is 5.97 Å². The Morgan fingerprint density at radius 1 is 1.10 bits per heavy atom. The van der Waals surface area contributed by atoms with E-state index in [4.69, 9.17) is 9.90 Å². The summed E-state index contributed by atoms with van der Waals surface area (Å²) in [5.41, 5.74) is 1.53. The molecule has 1 heterocycles. The lowest BCUT2D eigenvalue weighted by molar-refractivity contribution is -0.788. The van der Waals surface area contributed by atoms with Gasteiger partial charge in [-0.2, -0.15) is 0 Å². The molecule has 0 aromatic rings. The maximum absolute atomic E-state index is 8.89. The lowest BCUT2D eigenvalue weighted by atomic mass is 10.1. The summed E-state index contributed by atoms with van der Waals surface area (Å²) in [5.74, 6) is -1.08. The molecule has 0 aliphatic carbocycles. The fourth-order valence-electron chi connectivity index (χ4n) is 2.26. The summed E-state index contributed by atoms with van der Waals surface area (Å²) >= 11 is 0. The van der Waals surface area contributed by atoms with E-state index >= 15 is 0 Å². The zero-order valence-electron chi connectivity index (χ0n) is 13.4. The standard InChI is InChI=1S/C15H27N.C2H4O2/c1-3-5-6-7-8-9-12-16-13-11-15(14-16)10-4-2;1-2(3)4/h11,13-14H,3-10,12H2,1-2H3;1H3,(H,3,4). The summed E-state index contributed by atoms with van der Waals surface area (Å²) in [6.07, 6.45) is 17.9. The van der Waals surface area contributed by atoms with Crippen LogP contribution in [0.2, 0.25) is 0 Å². The van der Waals surface area contributed by atoms with Crippen LogP contribution in [0.1, 0.15) is 72.1 Å². The molecule has 0 aromatic heterocycles. The van der Waals surface area contributed by atoms with Crippen LogP contribution >= 0.6 is 0 Å². The Bertz CT molecular complexity index is 304. The van der Waals surface area contributed by atoms with Crippen molar-refractivity contribution in [3.05, 3.63) is 24.0 Å². The Morgan fingerprint density at radius 3 is 2.30 bits per heavy atom. The predicted molar refractivity (Wildman–Crippen MR) is 82.0 cm³/mol. The SMILES string of the molecule is CC(=O)[O-].CCCCCCCC[NH+]1C=CC(CCC)=C1. The van der Waals surface area contributed by atoms with E-state index in [1.807, 2.05) is 0 Å². The van der Waals surface area contributed by atoms with E-state index in [9.17, 15) is 0 Å². The topological polar surface area (TPSA) is 44.6 Å². The zero-order chi connectivity index (χ0) is 15.2. The monoisotopic (exact) mass is 281 g/mol. The van der Waals surface area contributed by atoms with Gasteiger partial charge in [-0.3, -0.25) is 4.90 Å². The quantitative estimate of drug-likeness (QED) is 0.659. The van der Waals surface area contributed by atoms with Gasteiger partial charge in [0.1, 0.15) is 6.20 Å². The largest absolute Gasteiger partial charge is 0.550 e. The van der Waals surface area contributed by atoms with Gasteiger partial charge in [-0.05, 0) is 26.2 Å². The molecule has 0 spiro atoms.